The molecule has 0 atom stereocenters. The van der Waals surface area contributed by atoms with E-state index in [0.717, 1.165) is 33.6 Å². The number of carbonyl (C=O) groups excluding carboxylic acids is 3. The number of carboxylic acid groups (broad SMARTS) is 1. The molecule has 4 aromatic heterocycles. The second kappa shape index (κ2) is 25.0. The number of imidazole rings is 2. The van der Waals surface area contributed by atoms with Crippen molar-refractivity contribution in [2.24, 2.45) is 0 Å². The third-order valence-corrected chi connectivity index (χ3v) is 11.2. The van der Waals surface area contributed by atoms with Crippen molar-refractivity contribution in [1.82, 2.24) is 29.1 Å². The maximum atomic E-state index is 12.5. The Labute approximate surface area is 401 Å². The zero-order valence-electron chi connectivity index (χ0n) is 39.3. The highest BCUT2D eigenvalue weighted by Crippen LogP contribution is 2.33. The summed E-state index contributed by atoms with van der Waals surface area (Å²) in [7, 11) is 0. The van der Waals surface area contributed by atoms with Crippen LogP contribution in [-0.4, -0.2) is 136 Å². The lowest BCUT2D eigenvalue weighted by Crippen LogP contribution is -2.27. The lowest BCUT2D eigenvalue weighted by molar-refractivity contribution is -0.140. The van der Waals surface area contributed by atoms with Gasteiger partial charge in [-0.1, -0.05) is 36.4 Å². The first-order valence-electron chi connectivity index (χ1n) is 22.0. The number of amides is 2. The molecule has 2 aromatic carbocycles. The second-order valence-corrected chi connectivity index (χ2v) is 18.5. The van der Waals surface area contributed by atoms with Gasteiger partial charge in [-0.3, -0.25) is 20.2 Å². The first kappa shape index (κ1) is 53.2. The van der Waals surface area contributed by atoms with Gasteiger partial charge in [0, 0.05) is 35.5 Å². The SMILES string of the molecule is CCOCc1nc2c(NC(=O)OCCSCC(=O)O)nc3ccccc3c2n1CC(C)(C)O.CCOCc1nc2c(NC(=O)OCCSCC(=O)OCC)nc3ccccc3c2n1CC(C)(C)O. The fraction of sp³-hybridized carbons (Fsp3) is 0.478. The van der Waals surface area contributed by atoms with Crippen molar-refractivity contribution in [3.63, 3.8) is 0 Å². The molecular formula is C46H60N8O12S2. The van der Waals surface area contributed by atoms with Crippen molar-refractivity contribution in [1.29, 1.82) is 0 Å². The van der Waals surface area contributed by atoms with Gasteiger partial charge in [0.1, 0.15) is 49.1 Å². The Morgan fingerprint density at radius 3 is 1.44 bits per heavy atom. The first-order valence-corrected chi connectivity index (χ1v) is 24.3. The van der Waals surface area contributed by atoms with E-state index in [9.17, 15) is 29.4 Å². The Bertz CT molecular complexity index is 2680. The highest BCUT2D eigenvalue weighted by atomic mass is 32.2. The smallest absolute Gasteiger partial charge is 0.412 e. The summed E-state index contributed by atoms with van der Waals surface area (Å²) >= 11 is 2.48. The van der Waals surface area contributed by atoms with Gasteiger partial charge in [-0.05, 0) is 60.6 Å². The number of hydrogen-bond donors (Lipinski definition) is 5. The van der Waals surface area contributed by atoms with Gasteiger partial charge in [0.25, 0.3) is 0 Å². The molecule has 0 saturated heterocycles. The van der Waals surface area contributed by atoms with Crippen molar-refractivity contribution in [2.45, 2.75) is 86.0 Å². The molecule has 0 radical (unpaired) electrons. The van der Waals surface area contributed by atoms with Crippen LogP contribution in [-0.2, 0) is 59.6 Å². The van der Waals surface area contributed by atoms with E-state index in [1.807, 2.05) is 71.5 Å². The van der Waals surface area contributed by atoms with Gasteiger partial charge in [0.2, 0.25) is 0 Å². The van der Waals surface area contributed by atoms with E-state index in [1.165, 1.54) is 11.8 Å². The number of nitrogens with zero attached hydrogens (tertiary/aromatic N) is 6. The van der Waals surface area contributed by atoms with Crippen LogP contribution in [0.4, 0.5) is 21.2 Å². The van der Waals surface area contributed by atoms with E-state index in [-0.39, 0.29) is 68.6 Å². The van der Waals surface area contributed by atoms with Crippen LogP contribution in [0.1, 0.15) is 60.1 Å². The summed E-state index contributed by atoms with van der Waals surface area (Å²) in [6, 6.07) is 15.0. The van der Waals surface area contributed by atoms with Crippen LogP contribution in [0, 0.1) is 0 Å². The van der Waals surface area contributed by atoms with Gasteiger partial charge in [0.05, 0.1) is 64.5 Å². The molecule has 0 unspecified atom stereocenters. The minimum Gasteiger partial charge on any atom is -0.481 e. The number of carboxylic acids is 1. The normalized spacial score (nSPS) is 11.7. The molecule has 0 fully saturated rings. The fourth-order valence-electron chi connectivity index (χ4n) is 6.83. The number of aliphatic hydroxyl groups is 2. The molecule has 68 heavy (non-hydrogen) atoms. The molecule has 368 valence electrons. The van der Waals surface area contributed by atoms with Crippen LogP contribution in [0.3, 0.4) is 0 Å². The molecule has 5 N–H and O–H groups in total. The van der Waals surface area contributed by atoms with Crippen molar-refractivity contribution in [3.05, 3.63) is 60.2 Å². The molecule has 4 heterocycles. The second-order valence-electron chi connectivity index (χ2n) is 16.3. The summed E-state index contributed by atoms with van der Waals surface area (Å²) in [6.07, 6.45) is -1.38. The number of nitrogens with one attached hydrogen (secondary N) is 2. The highest BCUT2D eigenvalue weighted by Gasteiger charge is 2.26. The molecule has 6 aromatic rings. The molecule has 0 aliphatic heterocycles. The zero-order valence-corrected chi connectivity index (χ0v) is 41.0. The number of aromatic nitrogens is 6. The largest absolute Gasteiger partial charge is 0.481 e. The Morgan fingerprint density at radius 1 is 0.618 bits per heavy atom. The van der Waals surface area contributed by atoms with Crippen LogP contribution in [0.25, 0.3) is 43.9 Å². The van der Waals surface area contributed by atoms with E-state index in [2.05, 4.69) is 20.6 Å². The molecule has 6 rings (SSSR count). The van der Waals surface area contributed by atoms with Crippen LogP contribution in [0.2, 0.25) is 0 Å². The van der Waals surface area contributed by atoms with E-state index in [1.54, 1.807) is 34.6 Å². The third kappa shape index (κ3) is 15.4. The van der Waals surface area contributed by atoms with Gasteiger partial charge in [-0.25, -0.2) is 29.5 Å². The molecule has 2 amide bonds. The molecule has 0 aliphatic carbocycles. The molecule has 20 nitrogen and oxygen atoms in total. The van der Waals surface area contributed by atoms with Crippen molar-refractivity contribution >= 4 is 103 Å². The minimum atomic E-state index is -1.01. The number of rotatable bonds is 23. The van der Waals surface area contributed by atoms with Crippen molar-refractivity contribution in [2.75, 3.05) is 66.7 Å². The monoisotopic (exact) mass is 980 g/mol. The van der Waals surface area contributed by atoms with E-state index in [4.69, 9.17) is 38.8 Å². The summed E-state index contributed by atoms with van der Waals surface area (Å²) in [5.41, 5.74) is 1.71. The molecule has 22 heteroatoms. The summed E-state index contributed by atoms with van der Waals surface area (Å²) in [6.45, 7) is 15.0. The van der Waals surface area contributed by atoms with Crippen LogP contribution in [0.5, 0.6) is 0 Å². The van der Waals surface area contributed by atoms with E-state index >= 15 is 0 Å². The number of pyridine rings is 2. The summed E-state index contributed by atoms with van der Waals surface area (Å²) < 4.78 is 30.3. The molecule has 0 bridgehead atoms. The van der Waals surface area contributed by atoms with E-state index < -0.39 is 29.4 Å². The first-order chi connectivity index (χ1) is 32.4. The Hall–Kier alpha value is -5.78. The minimum absolute atomic E-state index is 0.0565. The number of esters is 1. The number of anilines is 2. The Kier molecular flexibility index (Phi) is 19.6. The summed E-state index contributed by atoms with van der Waals surface area (Å²) in [4.78, 5) is 65.4. The Balaban J connectivity index is 0.000000255. The number of benzene rings is 2. The molecule has 0 saturated carbocycles. The number of fused-ring (bicyclic) bond motifs is 6. The van der Waals surface area contributed by atoms with Gasteiger partial charge in [-0.2, -0.15) is 0 Å². The fourth-order valence-corrected chi connectivity index (χ4v) is 7.95. The maximum Gasteiger partial charge on any atom is 0.412 e. The molecular weight excluding hydrogens is 921 g/mol. The van der Waals surface area contributed by atoms with Gasteiger partial charge in [0.15, 0.2) is 11.6 Å². The van der Waals surface area contributed by atoms with Crippen molar-refractivity contribution < 1.29 is 58.2 Å². The third-order valence-electron chi connectivity index (χ3n) is 9.40. The predicted molar refractivity (Wildman–Crippen MR) is 262 cm³/mol. The summed E-state index contributed by atoms with van der Waals surface area (Å²) in [5.74, 6) is 1.46. The van der Waals surface area contributed by atoms with Gasteiger partial charge >= 0.3 is 24.1 Å². The quantitative estimate of drug-likeness (QED) is 0.0246. The van der Waals surface area contributed by atoms with E-state index in [0.29, 0.717) is 65.0 Å². The molecule has 0 aliphatic rings. The average molecular weight is 981 g/mol. The number of hydrogen-bond acceptors (Lipinski definition) is 17. The zero-order chi connectivity index (χ0) is 49.4. The number of carbonyl (C=O) groups is 4. The number of aliphatic carboxylic acids is 1. The standard InChI is InChI=1S/C24H32N4O6S.C22H28N4O6S/c1-5-32-13-18-26-20-21(28(18)15-24(3,4)31)16-9-7-8-10-17(16)25-22(20)27-23(30)34-11-12-35-14-19(29)33-6-2;1-4-31-11-16-24-18-19(26(16)13-22(2,3)30)14-7-5-6-8-15(14)23-20(18)25-21(29)32-9-10-33-12-17(27)28/h7-10,31H,5-6,11-15H2,1-4H3,(H,25,27,30);5-8,30H,4,9-13H2,1-3H3,(H,27,28)(H,23,25,29). The number of thioether (sulfide) groups is 2. The predicted octanol–water partition coefficient (Wildman–Crippen LogP) is 6.99. The topological polar surface area (TPSA) is 261 Å². The lowest BCUT2D eigenvalue weighted by atomic mass is 10.1. The lowest BCUT2D eigenvalue weighted by Gasteiger charge is -2.20. The highest BCUT2D eigenvalue weighted by molar-refractivity contribution is 8.00. The van der Waals surface area contributed by atoms with Gasteiger partial charge < -0.3 is 48.1 Å². The van der Waals surface area contributed by atoms with Crippen LogP contribution < -0.4 is 10.6 Å². The average Bonchev–Trinajstić information content (AvgIpc) is 3.81. The number of ether oxygens (including phenoxy) is 5. The van der Waals surface area contributed by atoms with Crippen LogP contribution >= 0.6 is 23.5 Å². The summed E-state index contributed by atoms with van der Waals surface area (Å²) in [5, 5.41) is 36.8. The van der Waals surface area contributed by atoms with Crippen molar-refractivity contribution in [3.8, 4) is 0 Å². The molecule has 0 spiro atoms. The number of para-hydroxylation sites is 2. The maximum absolute atomic E-state index is 12.5. The van der Waals surface area contributed by atoms with Crippen LogP contribution in [0.15, 0.2) is 48.5 Å². The van der Waals surface area contributed by atoms with Gasteiger partial charge in [-0.15, -0.1) is 23.5 Å². The Morgan fingerprint density at radius 2 is 1.04 bits per heavy atom.